The minimum Gasteiger partial charge on any atom is -0.496 e. The summed E-state index contributed by atoms with van der Waals surface area (Å²) in [5, 5.41) is 12.9. The van der Waals surface area contributed by atoms with Gasteiger partial charge in [0.1, 0.15) is 5.75 Å². The van der Waals surface area contributed by atoms with Crippen LogP contribution >= 0.6 is 0 Å². The molecule has 1 aromatic carbocycles. The van der Waals surface area contributed by atoms with E-state index in [4.69, 9.17) is 14.5 Å². The second-order valence-corrected chi connectivity index (χ2v) is 7.95. The Labute approximate surface area is 188 Å². The number of hydrogen-bond donors (Lipinski definition) is 1. The maximum Gasteiger partial charge on any atom is 0.254 e. The number of ether oxygens (including phenoxy) is 2. The fraction of sp³-hybridized carbons (Fsp3) is 0.400. The average molecular weight is 433 g/mol. The van der Waals surface area contributed by atoms with Crippen molar-refractivity contribution in [1.82, 2.24) is 9.88 Å². The van der Waals surface area contributed by atoms with Crippen molar-refractivity contribution in [3.8, 4) is 11.8 Å². The predicted molar refractivity (Wildman–Crippen MR) is 123 cm³/mol. The maximum atomic E-state index is 12.8. The van der Waals surface area contributed by atoms with Crippen molar-refractivity contribution in [2.45, 2.75) is 26.2 Å². The van der Waals surface area contributed by atoms with Crippen molar-refractivity contribution in [3.05, 3.63) is 58.4 Å². The van der Waals surface area contributed by atoms with Crippen LogP contribution < -0.4 is 10.1 Å². The topological polar surface area (TPSA) is 87.5 Å². The minimum atomic E-state index is -0.00466. The number of nitrogens with one attached hydrogen (secondary N) is 1. The Hall–Kier alpha value is -3.37. The fourth-order valence-corrected chi connectivity index (χ4v) is 4.16. The van der Waals surface area contributed by atoms with Crippen molar-refractivity contribution < 1.29 is 14.3 Å². The number of amides is 1. The summed E-state index contributed by atoms with van der Waals surface area (Å²) in [5.74, 6) is 0.667. The van der Waals surface area contributed by atoms with Crippen LogP contribution in [0.15, 0.2) is 30.3 Å². The van der Waals surface area contributed by atoms with Crippen molar-refractivity contribution in [2.75, 3.05) is 45.3 Å². The number of carbonyl (C=O) groups excluding carboxylic acids is 1. The quantitative estimate of drug-likeness (QED) is 0.721. The number of hydrogen-bond acceptors (Lipinski definition) is 6. The highest BCUT2D eigenvalue weighted by Gasteiger charge is 2.22. The van der Waals surface area contributed by atoms with Gasteiger partial charge in [-0.1, -0.05) is 19.1 Å². The second kappa shape index (κ2) is 9.84. The Morgan fingerprint density at radius 2 is 2.12 bits per heavy atom. The molecule has 166 valence electrons. The Bertz CT molecular complexity index is 1080. The highest BCUT2D eigenvalue weighted by Crippen LogP contribution is 2.34. The van der Waals surface area contributed by atoms with Crippen molar-refractivity contribution in [1.29, 1.82) is 5.26 Å². The Balaban J connectivity index is 1.60. The van der Waals surface area contributed by atoms with Crippen LogP contribution in [0, 0.1) is 11.3 Å². The molecule has 0 unspecified atom stereocenters. The van der Waals surface area contributed by atoms with Gasteiger partial charge in [-0.15, -0.1) is 0 Å². The lowest BCUT2D eigenvalue weighted by atomic mass is 10.0. The molecule has 0 atom stereocenters. The molecule has 1 amide bonds. The molecule has 32 heavy (non-hydrogen) atoms. The van der Waals surface area contributed by atoms with Gasteiger partial charge in [-0.2, -0.15) is 5.26 Å². The summed E-state index contributed by atoms with van der Waals surface area (Å²) in [5.41, 5.74) is 5.96. The number of benzene rings is 1. The Kier molecular flexibility index (Phi) is 6.72. The van der Waals surface area contributed by atoms with E-state index in [2.05, 4.69) is 18.3 Å². The van der Waals surface area contributed by atoms with Gasteiger partial charge in [-0.05, 0) is 24.6 Å². The van der Waals surface area contributed by atoms with E-state index in [0.29, 0.717) is 56.0 Å². The molecule has 2 aromatic rings. The van der Waals surface area contributed by atoms with Gasteiger partial charge in [0, 0.05) is 60.5 Å². The smallest absolute Gasteiger partial charge is 0.254 e. The average Bonchev–Trinajstić information content (AvgIpc) is 3.26. The van der Waals surface area contributed by atoms with Gasteiger partial charge in [-0.3, -0.25) is 9.78 Å². The molecule has 1 fully saturated rings. The van der Waals surface area contributed by atoms with Crippen LogP contribution in [0.5, 0.6) is 5.75 Å². The van der Waals surface area contributed by atoms with Crippen LogP contribution in [0.1, 0.15) is 46.2 Å². The molecule has 0 bridgehead atoms. The first-order valence-electron chi connectivity index (χ1n) is 11.1. The van der Waals surface area contributed by atoms with Crippen molar-refractivity contribution in [2.24, 2.45) is 0 Å². The zero-order valence-corrected chi connectivity index (χ0v) is 18.6. The molecule has 1 aliphatic carbocycles. The summed E-state index contributed by atoms with van der Waals surface area (Å²) in [4.78, 5) is 19.5. The number of nitrogens with zero attached hydrogens (tertiary/aromatic N) is 3. The van der Waals surface area contributed by atoms with Crippen LogP contribution in [0.25, 0.3) is 5.57 Å². The van der Waals surface area contributed by atoms with Crippen LogP contribution in [-0.2, 0) is 17.6 Å². The number of morpholine rings is 1. The van der Waals surface area contributed by atoms with Crippen LogP contribution in [-0.4, -0.2) is 55.7 Å². The molecule has 1 N–H and O–H groups in total. The summed E-state index contributed by atoms with van der Waals surface area (Å²) in [6, 6.07) is 9.92. The van der Waals surface area contributed by atoms with E-state index in [1.807, 2.05) is 35.2 Å². The van der Waals surface area contributed by atoms with Gasteiger partial charge in [0.15, 0.2) is 0 Å². The van der Waals surface area contributed by atoms with E-state index in [9.17, 15) is 10.1 Å². The summed E-state index contributed by atoms with van der Waals surface area (Å²) in [6.07, 6.45) is 4.16. The lowest BCUT2D eigenvalue weighted by Gasteiger charge is -2.27. The molecular formula is C25H28N4O3. The third kappa shape index (κ3) is 4.46. The predicted octanol–water partition coefficient (Wildman–Crippen LogP) is 3.44. The summed E-state index contributed by atoms with van der Waals surface area (Å²) < 4.78 is 11.0. The molecule has 2 aliphatic rings. The molecular weight excluding hydrogens is 404 g/mol. The Morgan fingerprint density at radius 1 is 1.31 bits per heavy atom. The van der Waals surface area contributed by atoms with E-state index in [1.54, 1.807) is 7.11 Å². The number of methoxy groups -OCH3 is 1. The Morgan fingerprint density at radius 3 is 2.84 bits per heavy atom. The standard InChI is InChI=1S/C25H28N4O3/c1-3-8-27-22-15-20(28-21-7-6-19(16-26)24(21)22)13-17-4-5-18(14-23(17)31-2)25(30)29-9-11-32-12-10-29/h4-6,14-15H,3,7-13H2,1-2H3,(H,27,28). The number of anilines is 1. The van der Waals surface area contributed by atoms with Gasteiger partial charge < -0.3 is 19.7 Å². The molecule has 4 rings (SSSR count). The molecule has 7 nitrogen and oxygen atoms in total. The van der Waals surface area contributed by atoms with Crippen molar-refractivity contribution in [3.63, 3.8) is 0 Å². The maximum absolute atomic E-state index is 12.8. The molecule has 2 heterocycles. The highest BCUT2D eigenvalue weighted by molar-refractivity contribution is 5.95. The van der Waals surface area contributed by atoms with Crippen LogP contribution in [0.3, 0.4) is 0 Å². The zero-order chi connectivity index (χ0) is 22.5. The number of aromatic nitrogens is 1. The molecule has 1 saturated heterocycles. The molecule has 1 aliphatic heterocycles. The molecule has 0 saturated carbocycles. The number of pyridine rings is 1. The van der Waals surface area contributed by atoms with Gasteiger partial charge in [0.05, 0.1) is 37.7 Å². The SMILES string of the molecule is CCCNc1cc(Cc2ccc(C(=O)N3CCOCC3)cc2OC)nc2c1C(C#N)=CC2. The molecule has 0 radical (unpaired) electrons. The van der Waals surface area contributed by atoms with E-state index < -0.39 is 0 Å². The number of rotatable bonds is 7. The first-order chi connectivity index (χ1) is 15.6. The van der Waals surface area contributed by atoms with Gasteiger partial charge in [0.2, 0.25) is 0 Å². The summed E-state index contributed by atoms with van der Waals surface area (Å²) >= 11 is 0. The number of carbonyl (C=O) groups is 1. The number of allylic oxidation sites excluding steroid dienone is 2. The second-order valence-electron chi connectivity index (χ2n) is 7.95. The zero-order valence-electron chi connectivity index (χ0n) is 18.6. The summed E-state index contributed by atoms with van der Waals surface area (Å²) in [6.45, 7) is 5.29. The van der Waals surface area contributed by atoms with E-state index in [1.165, 1.54) is 0 Å². The van der Waals surface area contributed by atoms with Gasteiger partial charge in [0.25, 0.3) is 5.91 Å². The monoisotopic (exact) mass is 432 g/mol. The third-order valence-corrected chi connectivity index (χ3v) is 5.81. The van der Waals surface area contributed by atoms with Crippen LogP contribution in [0.2, 0.25) is 0 Å². The van der Waals surface area contributed by atoms with E-state index in [-0.39, 0.29) is 5.91 Å². The minimum absolute atomic E-state index is 0.00466. The lowest BCUT2D eigenvalue weighted by Crippen LogP contribution is -2.40. The fourth-order valence-electron chi connectivity index (χ4n) is 4.16. The van der Waals surface area contributed by atoms with Gasteiger partial charge in [-0.25, -0.2) is 0 Å². The molecule has 7 heteroatoms. The highest BCUT2D eigenvalue weighted by atomic mass is 16.5. The van der Waals surface area contributed by atoms with Crippen molar-refractivity contribution >= 4 is 17.2 Å². The van der Waals surface area contributed by atoms with E-state index in [0.717, 1.165) is 41.2 Å². The van der Waals surface area contributed by atoms with E-state index >= 15 is 0 Å². The largest absolute Gasteiger partial charge is 0.496 e. The third-order valence-electron chi connectivity index (χ3n) is 5.81. The number of fused-ring (bicyclic) bond motifs is 1. The normalized spacial score (nSPS) is 15.0. The first kappa shape index (κ1) is 21.8. The lowest BCUT2D eigenvalue weighted by molar-refractivity contribution is 0.0302. The van der Waals surface area contributed by atoms with Gasteiger partial charge >= 0.3 is 0 Å². The first-order valence-corrected chi connectivity index (χ1v) is 11.1. The molecule has 1 aromatic heterocycles. The summed E-state index contributed by atoms with van der Waals surface area (Å²) in [7, 11) is 1.62. The number of nitriles is 1. The molecule has 0 spiro atoms. The van der Waals surface area contributed by atoms with Crippen LogP contribution in [0.4, 0.5) is 5.69 Å².